The number of hydrogen-bond donors (Lipinski definition) is 3. The average Bonchev–Trinajstić information content (AvgIpc) is 2.53. The summed E-state index contributed by atoms with van der Waals surface area (Å²) in [5, 5.41) is 8.65. The van der Waals surface area contributed by atoms with E-state index >= 15 is 0 Å². The van der Waals surface area contributed by atoms with Crippen molar-refractivity contribution in [3.05, 3.63) is 35.4 Å². The minimum Gasteiger partial charge on any atom is -0.356 e. The smallest absolute Gasteiger partial charge is 0.222 e. The molecule has 1 aromatic rings. The molecule has 2 unspecified atom stereocenters. The Kier molecular flexibility index (Phi) is 6.66. The molecule has 1 saturated heterocycles. The van der Waals surface area contributed by atoms with Crippen molar-refractivity contribution in [2.24, 2.45) is 5.92 Å². The van der Waals surface area contributed by atoms with Crippen LogP contribution in [0.5, 0.6) is 0 Å². The van der Waals surface area contributed by atoms with E-state index in [1.165, 1.54) is 13.0 Å². The van der Waals surface area contributed by atoms with Crippen LogP contribution in [0.2, 0.25) is 0 Å². The largest absolute Gasteiger partial charge is 0.356 e. The van der Waals surface area contributed by atoms with E-state index in [0.29, 0.717) is 12.5 Å². The summed E-state index contributed by atoms with van der Waals surface area (Å²) in [7, 11) is 0. The Morgan fingerprint density at radius 1 is 1.38 bits per heavy atom. The molecule has 1 aliphatic rings. The summed E-state index contributed by atoms with van der Waals surface area (Å²) in [4.78, 5) is 23.5. The standard InChI is InChI=1S/C17H23F2N3O2/c1-11(23)22-16(14-5-4-13(18)7-15(14)19)8-17(24)21-10-12-3-2-6-20-9-12/h4-5,7,12,16,20H,2-3,6,8-10H2,1H3,(H,21,24)(H,22,23). The Morgan fingerprint density at radius 3 is 2.79 bits per heavy atom. The zero-order valence-corrected chi connectivity index (χ0v) is 13.7. The number of carbonyl (C=O) groups is 2. The first-order valence-electron chi connectivity index (χ1n) is 8.15. The number of benzene rings is 1. The molecule has 24 heavy (non-hydrogen) atoms. The number of rotatable bonds is 6. The van der Waals surface area contributed by atoms with Gasteiger partial charge < -0.3 is 16.0 Å². The van der Waals surface area contributed by atoms with Gasteiger partial charge in [0.2, 0.25) is 11.8 Å². The fourth-order valence-electron chi connectivity index (χ4n) is 2.88. The van der Waals surface area contributed by atoms with Crippen LogP contribution in [-0.2, 0) is 9.59 Å². The van der Waals surface area contributed by atoms with Crippen LogP contribution in [0.15, 0.2) is 18.2 Å². The highest BCUT2D eigenvalue weighted by atomic mass is 19.1. The van der Waals surface area contributed by atoms with E-state index < -0.39 is 17.7 Å². The quantitative estimate of drug-likeness (QED) is 0.738. The van der Waals surface area contributed by atoms with Crippen molar-refractivity contribution in [1.29, 1.82) is 0 Å². The molecule has 2 atom stereocenters. The van der Waals surface area contributed by atoms with Gasteiger partial charge in [-0.3, -0.25) is 9.59 Å². The number of hydrogen-bond acceptors (Lipinski definition) is 3. The van der Waals surface area contributed by atoms with Crippen LogP contribution in [-0.4, -0.2) is 31.4 Å². The molecule has 2 amide bonds. The molecule has 132 valence electrons. The second-order valence-electron chi connectivity index (χ2n) is 6.14. The molecule has 1 fully saturated rings. The van der Waals surface area contributed by atoms with Crippen molar-refractivity contribution in [1.82, 2.24) is 16.0 Å². The summed E-state index contributed by atoms with van der Waals surface area (Å²) in [5.74, 6) is -1.76. The van der Waals surface area contributed by atoms with Gasteiger partial charge in [0, 0.05) is 25.1 Å². The summed E-state index contributed by atoms with van der Waals surface area (Å²) >= 11 is 0. The van der Waals surface area contributed by atoms with Crippen LogP contribution >= 0.6 is 0 Å². The Labute approximate surface area is 140 Å². The molecule has 1 heterocycles. The van der Waals surface area contributed by atoms with Gasteiger partial charge in [-0.25, -0.2) is 8.78 Å². The summed E-state index contributed by atoms with van der Waals surface area (Å²) in [6.45, 7) is 3.70. The molecular weight excluding hydrogens is 316 g/mol. The van der Waals surface area contributed by atoms with E-state index in [9.17, 15) is 18.4 Å². The maximum absolute atomic E-state index is 13.9. The van der Waals surface area contributed by atoms with Gasteiger partial charge in [0.15, 0.2) is 0 Å². The molecule has 0 aromatic heterocycles. The molecule has 0 radical (unpaired) electrons. The lowest BCUT2D eigenvalue weighted by molar-refractivity contribution is -0.123. The molecule has 0 saturated carbocycles. The Hall–Kier alpha value is -2.02. The normalized spacial score (nSPS) is 18.7. The monoisotopic (exact) mass is 339 g/mol. The number of halogens is 2. The summed E-state index contributed by atoms with van der Waals surface area (Å²) in [5.41, 5.74) is 0.0982. The summed E-state index contributed by atoms with van der Waals surface area (Å²) in [6, 6.07) is 2.28. The highest BCUT2D eigenvalue weighted by Gasteiger charge is 2.21. The highest BCUT2D eigenvalue weighted by molar-refractivity contribution is 5.79. The van der Waals surface area contributed by atoms with Gasteiger partial charge in [-0.05, 0) is 37.9 Å². The Balaban J connectivity index is 1.97. The van der Waals surface area contributed by atoms with Crippen molar-refractivity contribution in [2.75, 3.05) is 19.6 Å². The van der Waals surface area contributed by atoms with Crippen molar-refractivity contribution in [2.45, 2.75) is 32.2 Å². The minimum absolute atomic E-state index is 0.0950. The topological polar surface area (TPSA) is 70.2 Å². The van der Waals surface area contributed by atoms with Crippen LogP contribution in [0.1, 0.15) is 37.8 Å². The minimum atomic E-state index is -0.826. The van der Waals surface area contributed by atoms with Gasteiger partial charge in [-0.2, -0.15) is 0 Å². The third-order valence-electron chi connectivity index (χ3n) is 4.09. The molecule has 3 N–H and O–H groups in total. The van der Waals surface area contributed by atoms with Gasteiger partial charge in [-0.1, -0.05) is 6.07 Å². The maximum Gasteiger partial charge on any atom is 0.222 e. The molecule has 2 rings (SSSR count). The predicted molar refractivity (Wildman–Crippen MR) is 86.1 cm³/mol. The van der Waals surface area contributed by atoms with Crippen LogP contribution in [0.25, 0.3) is 0 Å². The summed E-state index contributed by atoms with van der Waals surface area (Å²) in [6.07, 6.45) is 2.03. The van der Waals surface area contributed by atoms with Gasteiger partial charge in [0.05, 0.1) is 12.5 Å². The molecule has 0 aliphatic carbocycles. The molecule has 0 spiro atoms. The first-order chi connectivity index (χ1) is 11.5. The molecule has 0 bridgehead atoms. The molecule has 1 aliphatic heterocycles. The maximum atomic E-state index is 13.9. The van der Waals surface area contributed by atoms with E-state index in [1.54, 1.807) is 0 Å². The third kappa shape index (κ3) is 5.56. The average molecular weight is 339 g/mol. The van der Waals surface area contributed by atoms with Crippen LogP contribution in [0.4, 0.5) is 8.78 Å². The highest BCUT2D eigenvalue weighted by Crippen LogP contribution is 2.21. The van der Waals surface area contributed by atoms with Crippen molar-refractivity contribution < 1.29 is 18.4 Å². The number of piperidine rings is 1. The first kappa shape index (κ1) is 18.3. The van der Waals surface area contributed by atoms with Crippen molar-refractivity contribution >= 4 is 11.8 Å². The number of carbonyl (C=O) groups excluding carboxylic acids is 2. The molecular formula is C17H23F2N3O2. The van der Waals surface area contributed by atoms with E-state index in [0.717, 1.165) is 38.1 Å². The van der Waals surface area contributed by atoms with Crippen LogP contribution in [0, 0.1) is 17.6 Å². The van der Waals surface area contributed by atoms with Gasteiger partial charge in [0.1, 0.15) is 11.6 Å². The third-order valence-corrected chi connectivity index (χ3v) is 4.09. The molecule has 5 nitrogen and oxygen atoms in total. The van der Waals surface area contributed by atoms with Crippen LogP contribution in [0.3, 0.4) is 0 Å². The number of amides is 2. The van der Waals surface area contributed by atoms with E-state index in [4.69, 9.17) is 0 Å². The molecule has 1 aromatic carbocycles. The lowest BCUT2D eigenvalue weighted by atomic mass is 9.99. The van der Waals surface area contributed by atoms with Crippen molar-refractivity contribution in [3.8, 4) is 0 Å². The SMILES string of the molecule is CC(=O)NC(CC(=O)NCC1CCCNC1)c1ccc(F)cc1F. The van der Waals surface area contributed by atoms with Crippen molar-refractivity contribution in [3.63, 3.8) is 0 Å². The van der Waals surface area contributed by atoms with E-state index in [-0.39, 0.29) is 23.8 Å². The zero-order chi connectivity index (χ0) is 17.5. The van der Waals surface area contributed by atoms with E-state index in [1.807, 2.05) is 0 Å². The molecule has 7 heteroatoms. The fraction of sp³-hybridized carbons (Fsp3) is 0.529. The van der Waals surface area contributed by atoms with Gasteiger partial charge >= 0.3 is 0 Å². The van der Waals surface area contributed by atoms with Crippen LogP contribution < -0.4 is 16.0 Å². The zero-order valence-electron chi connectivity index (χ0n) is 13.7. The lowest BCUT2D eigenvalue weighted by Gasteiger charge is -2.24. The Morgan fingerprint density at radius 2 is 2.17 bits per heavy atom. The van der Waals surface area contributed by atoms with E-state index in [2.05, 4.69) is 16.0 Å². The second kappa shape index (κ2) is 8.73. The Bertz CT molecular complexity index is 589. The first-order valence-corrected chi connectivity index (χ1v) is 8.15. The fourth-order valence-corrected chi connectivity index (χ4v) is 2.88. The predicted octanol–water partition coefficient (Wildman–Crippen LogP) is 1.65. The van der Waals surface area contributed by atoms with Gasteiger partial charge in [-0.15, -0.1) is 0 Å². The number of nitrogens with one attached hydrogen (secondary N) is 3. The lowest BCUT2D eigenvalue weighted by Crippen LogP contribution is -2.39. The second-order valence-corrected chi connectivity index (χ2v) is 6.14. The van der Waals surface area contributed by atoms with Gasteiger partial charge in [0.25, 0.3) is 0 Å². The summed E-state index contributed by atoms with van der Waals surface area (Å²) < 4.78 is 27.0.